The minimum absolute atomic E-state index is 0.231. The lowest BCUT2D eigenvalue weighted by Crippen LogP contribution is -2.14. The van der Waals surface area contributed by atoms with E-state index < -0.39 is 0 Å². The predicted molar refractivity (Wildman–Crippen MR) is 110 cm³/mol. The number of rotatable bonds is 9. The van der Waals surface area contributed by atoms with Gasteiger partial charge in [-0.15, -0.1) is 0 Å². The van der Waals surface area contributed by atoms with Crippen LogP contribution in [-0.2, 0) is 19.7 Å². The lowest BCUT2D eigenvalue weighted by Gasteiger charge is -2.16. The van der Waals surface area contributed by atoms with Crippen molar-refractivity contribution in [3.63, 3.8) is 0 Å². The first-order valence-corrected chi connectivity index (χ1v) is 9.60. The molecule has 0 radical (unpaired) electrons. The molecule has 146 valence electrons. The Morgan fingerprint density at radius 1 is 0.857 bits per heavy atom. The van der Waals surface area contributed by atoms with Crippen molar-refractivity contribution < 1.29 is 13.9 Å². The van der Waals surface area contributed by atoms with E-state index in [2.05, 4.69) is 5.32 Å². The van der Waals surface area contributed by atoms with Crippen molar-refractivity contribution in [3.8, 4) is 11.5 Å². The molecule has 0 aromatic heterocycles. The Bertz CT molecular complexity index is 882. The molecule has 0 aliphatic rings. The highest BCUT2D eigenvalue weighted by atomic mass is 35.5. The Balaban J connectivity index is 1.69. The van der Waals surface area contributed by atoms with Gasteiger partial charge in [-0.3, -0.25) is 0 Å². The van der Waals surface area contributed by atoms with E-state index in [-0.39, 0.29) is 5.82 Å². The summed E-state index contributed by atoms with van der Waals surface area (Å²) >= 11 is 5.95. The number of halogens is 2. The van der Waals surface area contributed by atoms with Gasteiger partial charge in [-0.2, -0.15) is 0 Å². The monoisotopic (exact) mass is 399 g/mol. The van der Waals surface area contributed by atoms with Crippen molar-refractivity contribution in [1.29, 1.82) is 0 Å². The van der Waals surface area contributed by atoms with Crippen molar-refractivity contribution in [2.75, 3.05) is 6.61 Å². The Morgan fingerprint density at radius 2 is 1.57 bits per heavy atom. The molecule has 0 bridgehead atoms. The quantitative estimate of drug-likeness (QED) is 0.497. The van der Waals surface area contributed by atoms with Gasteiger partial charge in [-0.05, 0) is 48.4 Å². The maximum absolute atomic E-state index is 13.0. The molecule has 5 heteroatoms. The van der Waals surface area contributed by atoms with Crippen molar-refractivity contribution in [2.24, 2.45) is 0 Å². The van der Waals surface area contributed by atoms with Crippen molar-refractivity contribution in [2.45, 2.75) is 26.6 Å². The number of hydrogen-bond acceptors (Lipinski definition) is 3. The second-order valence-electron chi connectivity index (χ2n) is 6.32. The average molecular weight is 400 g/mol. The molecule has 0 spiro atoms. The fraction of sp³-hybridized carbons (Fsp3) is 0.217. The van der Waals surface area contributed by atoms with Crippen LogP contribution >= 0.6 is 11.6 Å². The summed E-state index contributed by atoms with van der Waals surface area (Å²) in [6.45, 7) is 4.17. The van der Waals surface area contributed by atoms with Crippen LogP contribution in [0.4, 0.5) is 4.39 Å². The van der Waals surface area contributed by atoms with E-state index in [1.54, 1.807) is 12.1 Å². The Hall–Kier alpha value is -2.56. The van der Waals surface area contributed by atoms with Crippen molar-refractivity contribution in [3.05, 3.63) is 94.3 Å². The highest BCUT2D eigenvalue weighted by Crippen LogP contribution is 2.32. The molecule has 0 heterocycles. The zero-order valence-electron chi connectivity index (χ0n) is 15.8. The van der Waals surface area contributed by atoms with E-state index in [9.17, 15) is 4.39 Å². The largest absolute Gasteiger partial charge is 0.490 e. The molecule has 3 aromatic rings. The minimum atomic E-state index is -0.231. The Kier molecular flexibility index (Phi) is 7.29. The van der Waals surface area contributed by atoms with Crippen LogP contribution in [-0.4, -0.2) is 6.61 Å². The average Bonchev–Trinajstić information content (AvgIpc) is 2.70. The number of hydrogen-bond donors (Lipinski definition) is 1. The van der Waals surface area contributed by atoms with Crippen LogP contribution in [0.2, 0.25) is 5.02 Å². The van der Waals surface area contributed by atoms with E-state index in [4.69, 9.17) is 21.1 Å². The molecular weight excluding hydrogens is 377 g/mol. The molecule has 28 heavy (non-hydrogen) atoms. The topological polar surface area (TPSA) is 30.5 Å². The SMILES string of the molecule is CCOc1cccc(CNCc2ccc(F)cc2)c1OCc1ccc(Cl)cc1. The lowest BCUT2D eigenvalue weighted by atomic mass is 10.1. The zero-order valence-corrected chi connectivity index (χ0v) is 16.5. The third kappa shape index (κ3) is 5.72. The summed E-state index contributed by atoms with van der Waals surface area (Å²) < 4.78 is 24.9. The summed E-state index contributed by atoms with van der Waals surface area (Å²) in [5.41, 5.74) is 3.05. The summed E-state index contributed by atoms with van der Waals surface area (Å²) in [5.74, 6) is 1.22. The summed E-state index contributed by atoms with van der Waals surface area (Å²) in [6.07, 6.45) is 0. The molecular formula is C23H23ClFNO2. The summed E-state index contributed by atoms with van der Waals surface area (Å²) in [5, 5.41) is 4.08. The fourth-order valence-electron chi connectivity index (χ4n) is 2.81. The third-order valence-electron chi connectivity index (χ3n) is 4.21. The molecule has 0 aliphatic heterocycles. The van der Waals surface area contributed by atoms with Gasteiger partial charge in [-0.25, -0.2) is 4.39 Å². The van der Waals surface area contributed by atoms with E-state index in [1.807, 2.05) is 49.4 Å². The van der Waals surface area contributed by atoms with Gasteiger partial charge in [0.05, 0.1) is 6.61 Å². The standard InChI is InChI=1S/C23H23ClFNO2/c1-2-27-22-5-3-4-19(15-26-14-17-8-12-21(25)13-9-17)23(22)28-16-18-6-10-20(24)11-7-18/h3-13,26H,2,14-16H2,1H3. The Morgan fingerprint density at radius 3 is 2.29 bits per heavy atom. The molecule has 3 rings (SSSR count). The molecule has 0 amide bonds. The zero-order chi connectivity index (χ0) is 19.8. The van der Waals surface area contributed by atoms with Crippen LogP contribution in [0.1, 0.15) is 23.6 Å². The van der Waals surface area contributed by atoms with Crippen LogP contribution in [0.3, 0.4) is 0 Å². The second kappa shape index (κ2) is 10.1. The first-order chi connectivity index (χ1) is 13.7. The molecule has 0 saturated heterocycles. The van der Waals surface area contributed by atoms with Gasteiger partial charge in [0.15, 0.2) is 11.5 Å². The minimum Gasteiger partial charge on any atom is -0.490 e. The van der Waals surface area contributed by atoms with E-state index in [0.29, 0.717) is 31.3 Å². The molecule has 3 nitrogen and oxygen atoms in total. The van der Waals surface area contributed by atoms with Gasteiger partial charge in [0.25, 0.3) is 0 Å². The Labute approximate surface area is 170 Å². The van der Waals surface area contributed by atoms with Gasteiger partial charge in [0.2, 0.25) is 0 Å². The van der Waals surface area contributed by atoms with Crippen molar-refractivity contribution >= 4 is 11.6 Å². The van der Waals surface area contributed by atoms with Gasteiger partial charge in [0, 0.05) is 23.7 Å². The fourth-order valence-corrected chi connectivity index (χ4v) is 2.94. The molecule has 0 saturated carbocycles. The number of para-hydroxylation sites is 1. The summed E-state index contributed by atoms with van der Waals surface area (Å²) in [4.78, 5) is 0. The maximum Gasteiger partial charge on any atom is 0.166 e. The normalized spacial score (nSPS) is 10.7. The molecule has 0 aliphatic carbocycles. The van der Waals surface area contributed by atoms with Crippen LogP contribution in [0.15, 0.2) is 66.7 Å². The predicted octanol–water partition coefficient (Wildman–Crippen LogP) is 5.75. The maximum atomic E-state index is 13.0. The van der Waals surface area contributed by atoms with Gasteiger partial charge >= 0.3 is 0 Å². The smallest absolute Gasteiger partial charge is 0.166 e. The second-order valence-corrected chi connectivity index (χ2v) is 6.76. The summed E-state index contributed by atoms with van der Waals surface area (Å²) in [6, 6.07) is 19.9. The number of benzene rings is 3. The van der Waals surface area contributed by atoms with Crippen LogP contribution in [0.25, 0.3) is 0 Å². The highest BCUT2D eigenvalue weighted by Gasteiger charge is 2.11. The molecule has 0 unspecified atom stereocenters. The lowest BCUT2D eigenvalue weighted by molar-refractivity contribution is 0.266. The molecule has 1 N–H and O–H groups in total. The van der Waals surface area contributed by atoms with Gasteiger partial charge in [0.1, 0.15) is 12.4 Å². The van der Waals surface area contributed by atoms with Gasteiger partial charge in [-0.1, -0.05) is 48.0 Å². The third-order valence-corrected chi connectivity index (χ3v) is 4.47. The summed E-state index contributed by atoms with van der Waals surface area (Å²) in [7, 11) is 0. The van der Waals surface area contributed by atoms with E-state index in [0.717, 1.165) is 28.2 Å². The molecule has 0 atom stereocenters. The highest BCUT2D eigenvalue weighted by molar-refractivity contribution is 6.30. The van der Waals surface area contributed by atoms with E-state index in [1.165, 1.54) is 12.1 Å². The van der Waals surface area contributed by atoms with E-state index >= 15 is 0 Å². The van der Waals surface area contributed by atoms with Crippen LogP contribution < -0.4 is 14.8 Å². The number of ether oxygens (including phenoxy) is 2. The van der Waals surface area contributed by atoms with Crippen LogP contribution in [0, 0.1) is 5.82 Å². The number of nitrogens with one attached hydrogen (secondary N) is 1. The first kappa shape index (κ1) is 20.2. The van der Waals surface area contributed by atoms with Crippen molar-refractivity contribution in [1.82, 2.24) is 5.32 Å². The molecule has 0 fully saturated rings. The van der Waals surface area contributed by atoms with Gasteiger partial charge < -0.3 is 14.8 Å². The molecule has 3 aromatic carbocycles. The first-order valence-electron chi connectivity index (χ1n) is 9.23. The van der Waals surface area contributed by atoms with Crippen LogP contribution in [0.5, 0.6) is 11.5 Å².